The zero-order valence-corrected chi connectivity index (χ0v) is 17.5. The Morgan fingerprint density at radius 2 is 0.862 bits per heavy atom. The summed E-state index contributed by atoms with van der Waals surface area (Å²) in [7, 11) is -7.40. The molecule has 0 radical (unpaired) electrons. The summed E-state index contributed by atoms with van der Waals surface area (Å²) < 4.78 is 34.8. The first-order valence-corrected chi connectivity index (χ1v) is 12.7. The Kier molecular flexibility index (Phi) is 5.33. The Hall–Kier alpha value is -2.78. The van der Waals surface area contributed by atoms with Gasteiger partial charge in [0.05, 0.1) is 0 Å². The summed E-state index contributed by atoms with van der Waals surface area (Å²) in [5, 5.41) is 3.79. The molecule has 4 aromatic rings. The second-order valence-corrected chi connectivity index (χ2v) is 12.0. The van der Waals surface area contributed by atoms with Crippen molar-refractivity contribution >= 4 is 38.6 Å². The van der Waals surface area contributed by atoms with Gasteiger partial charge in [0.15, 0.2) is 0 Å². The summed E-state index contributed by atoms with van der Waals surface area (Å²) in [6.07, 6.45) is 0. The van der Waals surface area contributed by atoms with Crippen molar-refractivity contribution in [3.05, 3.63) is 115 Å². The molecule has 0 aliphatic rings. The van der Waals surface area contributed by atoms with Gasteiger partial charge in [-0.2, -0.15) is 0 Å². The van der Waals surface area contributed by atoms with Gasteiger partial charge in [0.25, 0.3) is 0 Å². The van der Waals surface area contributed by atoms with Crippen LogP contribution in [0.4, 0.5) is 0 Å². The van der Waals surface area contributed by atoms with Gasteiger partial charge in [-0.05, 0) is 0 Å². The van der Waals surface area contributed by atoms with Crippen molar-refractivity contribution in [3.63, 3.8) is 0 Å². The summed E-state index contributed by atoms with van der Waals surface area (Å²) in [6, 6.07) is 36.8. The molecule has 4 aromatic carbocycles. The minimum absolute atomic E-state index is 0.0387. The molecule has 0 unspecified atom stereocenters. The molecule has 5 heteroatoms. The molecule has 146 valence electrons. The van der Waals surface area contributed by atoms with Crippen molar-refractivity contribution in [2.24, 2.45) is 0 Å². The van der Waals surface area contributed by atoms with Crippen molar-refractivity contribution < 1.29 is 13.0 Å². The van der Waals surface area contributed by atoms with Crippen molar-refractivity contribution in [3.8, 4) is 0 Å². The summed E-state index contributed by atoms with van der Waals surface area (Å²) in [5.74, 6) is 0. The first kappa shape index (κ1) is 19.5. The normalized spacial score (nSPS) is 12.4. The van der Waals surface area contributed by atoms with Gasteiger partial charge < -0.3 is 0 Å². The van der Waals surface area contributed by atoms with E-state index >= 15 is 0 Å². The van der Waals surface area contributed by atoms with Crippen molar-refractivity contribution in [1.82, 2.24) is 0 Å². The predicted molar refractivity (Wildman–Crippen MR) is 122 cm³/mol. The molecule has 0 saturated carbocycles. The van der Waals surface area contributed by atoms with E-state index in [-0.39, 0.29) is 4.90 Å². The van der Waals surface area contributed by atoms with Gasteiger partial charge in [0, 0.05) is 0 Å². The van der Waals surface area contributed by atoms with E-state index in [0.29, 0.717) is 5.30 Å². The zero-order chi connectivity index (χ0) is 20.3. The Morgan fingerprint density at radius 3 is 1.24 bits per heavy atom. The van der Waals surface area contributed by atoms with Crippen molar-refractivity contribution in [1.29, 1.82) is 0 Å². The van der Waals surface area contributed by atoms with E-state index in [0.717, 1.165) is 15.9 Å². The van der Waals surface area contributed by atoms with Crippen LogP contribution in [0, 0.1) is 0 Å². The molecule has 4 rings (SSSR count). The number of benzene rings is 4. The summed E-state index contributed by atoms with van der Waals surface area (Å²) in [5.41, 5.74) is 0. The van der Waals surface area contributed by atoms with Crippen LogP contribution < -0.4 is 21.2 Å². The van der Waals surface area contributed by atoms with E-state index in [2.05, 4.69) is 0 Å². The fourth-order valence-corrected chi connectivity index (χ4v) is 10.3. The van der Waals surface area contributed by atoms with Crippen LogP contribution in [-0.2, 0) is 10.1 Å². The maximum absolute atomic E-state index is 12.4. The van der Waals surface area contributed by atoms with Crippen LogP contribution in [-0.4, -0.2) is 13.0 Å². The fourth-order valence-electron chi connectivity index (χ4n) is 4.03. The molecule has 1 N–H and O–H groups in total. The van der Waals surface area contributed by atoms with Gasteiger partial charge in [0.1, 0.15) is 0 Å². The van der Waals surface area contributed by atoms with E-state index in [9.17, 15) is 13.0 Å². The molecule has 0 aromatic heterocycles. The van der Waals surface area contributed by atoms with Gasteiger partial charge in [-0.1, -0.05) is 0 Å². The van der Waals surface area contributed by atoms with Crippen LogP contribution in [0.1, 0.15) is 0 Å². The molecule has 0 saturated heterocycles. The molecule has 3 nitrogen and oxygen atoms in total. The third kappa shape index (κ3) is 3.51. The molecule has 0 bridgehead atoms. The quantitative estimate of drug-likeness (QED) is 0.398. The van der Waals surface area contributed by atoms with Crippen LogP contribution in [0.3, 0.4) is 0 Å². The molecule has 0 heterocycles. The number of hydrogen-bond donors (Lipinski definition) is 1. The molecular weight excluding hydrogens is 399 g/mol. The molecule has 0 spiro atoms. The first-order valence-electron chi connectivity index (χ1n) is 9.28. The zero-order valence-electron chi connectivity index (χ0n) is 15.6. The average Bonchev–Trinajstić information content (AvgIpc) is 2.76. The van der Waals surface area contributed by atoms with E-state index in [1.807, 2.05) is 103 Å². The molecule has 0 aliphatic heterocycles. The molecule has 0 aliphatic carbocycles. The number of rotatable bonds is 5. The van der Waals surface area contributed by atoms with Gasteiger partial charge >= 0.3 is 172 Å². The van der Waals surface area contributed by atoms with E-state index in [1.54, 1.807) is 6.07 Å². The van der Waals surface area contributed by atoms with Gasteiger partial charge in [-0.3, -0.25) is 0 Å². The SMILES string of the molecule is O=S(=O)(O)c1ccccc1[PH](c1ccccc1)(c1ccccc1)c1ccccc1. The van der Waals surface area contributed by atoms with Crippen LogP contribution in [0.5, 0.6) is 0 Å². The van der Waals surface area contributed by atoms with Gasteiger partial charge in [-0.15, -0.1) is 0 Å². The third-order valence-corrected chi connectivity index (χ3v) is 11.1. The minimum atomic E-state index is -4.41. The Morgan fingerprint density at radius 1 is 0.517 bits per heavy atom. The second-order valence-electron chi connectivity index (χ2n) is 6.82. The van der Waals surface area contributed by atoms with Crippen LogP contribution >= 0.6 is 7.26 Å². The van der Waals surface area contributed by atoms with E-state index < -0.39 is 17.4 Å². The third-order valence-electron chi connectivity index (χ3n) is 5.19. The topological polar surface area (TPSA) is 54.4 Å². The molecule has 0 amide bonds. The van der Waals surface area contributed by atoms with Crippen molar-refractivity contribution in [2.45, 2.75) is 4.90 Å². The van der Waals surface area contributed by atoms with E-state index in [4.69, 9.17) is 0 Å². The Bertz CT molecular complexity index is 1110. The number of hydrogen-bond acceptors (Lipinski definition) is 2. The first-order chi connectivity index (χ1) is 14.0. The van der Waals surface area contributed by atoms with Gasteiger partial charge in [-0.25, -0.2) is 0 Å². The molecular formula is C24H21O3PS. The Balaban J connectivity index is 2.23. The summed E-state index contributed by atoms with van der Waals surface area (Å²) in [4.78, 5) is -0.0387. The molecule has 0 atom stereocenters. The fraction of sp³-hybridized carbons (Fsp3) is 0. The average molecular weight is 420 g/mol. The Labute approximate surface area is 171 Å². The van der Waals surface area contributed by atoms with Crippen LogP contribution in [0.15, 0.2) is 120 Å². The van der Waals surface area contributed by atoms with Crippen molar-refractivity contribution in [2.75, 3.05) is 0 Å². The van der Waals surface area contributed by atoms with Gasteiger partial charge in [0.2, 0.25) is 0 Å². The standard InChI is InChI=1S/C24H21O3PS/c25-29(26,27)24-19-11-10-18-23(24)28(20-12-4-1-5-13-20,21-14-6-2-7-15-21)22-16-8-3-9-17-22/h1-19,28H,(H,25,26,27). The maximum atomic E-state index is 12.4. The predicted octanol–water partition coefficient (Wildman–Crippen LogP) is 3.29. The summed E-state index contributed by atoms with van der Waals surface area (Å²) >= 11 is 0. The van der Waals surface area contributed by atoms with Crippen LogP contribution in [0.25, 0.3) is 0 Å². The molecule has 29 heavy (non-hydrogen) atoms. The van der Waals surface area contributed by atoms with E-state index in [1.165, 1.54) is 6.07 Å². The second kappa shape index (κ2) is 7.92. The molecule has 0 fully saturated rings. The van der Waals surface area contributed by atoms with Crippen LogP contribution in [0.2, 0.25) is 0 Å². The monoisotopic (exact) mass is 420 g/mol. The summed E-state index contributed by atoms with van der Waals surface area (Å²) in [6.45, 7) is 0.